The van der Waals surface area contributed by atoms with Gasteiger partial charge in [-0.15, -0.1) is 0 Å². The molecule has 3 aliphatic carbocycles. The molecule has 8 heteroatoms. The Morgan fingerprint density at radius 3 is 2.59 bits per heavy atom. The smallest absolute Gasteiger partial charge is 0.161 e. The molecule has 49 heavy (non-hydrogen) atoms. The first-order chi connectivity index (χ1) is 23.9. The Hall–Kier alpha value is -4.72. The molecule has 4 aromatic rings. The van der Waals surface area contributed by atoms with Crippen LogP contribution in [0.2, 0.25) is 0 Å². The van der Waals surface area contributed by atoms with Crippen molar-refractivity contribution >= 4 is 23.5 Å². The topological polar surface area (TPSA) is 127 Å². The number of Topliss-reactive ketones (excluding diaryl/α,β-unsaturated/α-hetero) is 2. The number of anilines is 1. The Morgan fingerprint density at radius 2 is 1.76 bits per heavy atom. The van der Waals surface area contributed by atoms with Gasteiger partial charge in [0.2, 0.25) is 0 Å². The Kier molecular flexibility index (Phi) is 9.92. The molecule has 0 unspecified atom stereocenters. The van der Waals surface area contributed by atoms with Crippen molar-refractivity contribution in [3.8, 4) is 17.2 Å². The van der Waals surface area contributed by atoms with Crippen molar-refractivity contribution in [3.63, 3.8) is 0 Å². The number of fused-ring (bicyclic) bond motifs is 2. The standard InChI is InChI=1S/C41H47N3O5/c45-30(15-11-27-13-17-37(47)39(22-27)49-31-6-1-2-7-31)24-38(48)41-29(25-44-40-9-4-19-43-40)23-35-33(18-20-42-35)34(41)21-26-10-14-28-5-3-8-36(46)32(28)16-12-26/h3-5,8-9,13,17-20,22-23,26,31,34,41-44,46-47H,1-2,6-7,10-12,14-16,21,24-25H2/t26-,34+,41+/m0/s1. The maximum absolute atomic E-state index is 14.4. The van der Waals surface area contributed by atoms with E-state index in [-0.39, 0.29) is 42.2 Å². The lowest BCUT2D eigenvalue weighted by Crippen LogP contribution is -2.32. The van der Waals surface area contributed by atoms with Crippen LogP contribution >= 0.6 is 0 Å². The number of hydrogen-bond donors (Lipinski definition) is 5. The number of aromatic amines is 2. The third-order valence-corrected chi connectivity index (χ3v) is 10.9. The van der Waals surface area contributed by atoms with Gasteiger partial charge in [-0.05, 0) is 146 Å². The van der Waals surface area contributed by atoms with Crippen molar-refractivity contribution < 1.29 is 24.5 Å². The summed E-state index contributed by atoms with van der Waals surface area (Å²) >= 11 is 0. The van der Waals surface area contributed by atoms with E-state index in [4.69, 9.17) is 4.74 Å². The van der Waals surface area contributed by atoms with E-state index < -0.39 is 5.92 Å². The van der Waals surface area contributed by atoms with Gasteiger partial charge in [-0.25, -0.2) is 0 Å². The number of carbonyl (C=O) groups is 2. The van der Waals surface area contributed by atoms with Gasteiger partial charge in [-0.2, -0.15) is 0 Å². The Morgan fingerprint density at radius 1 is 0.898 bits per heavy atom. The number of aromatic hydroxyl groups is 2. The summed E-state index contributed by atoms with van der Waals surface area (Å²) in [4.78, 5) is 34.4. The van der Waals surface area contributed by atoms with Crippen molar-refractivity contribution in [1.29, 1.82) is 0 Å². The molecule has 3 atom stereocenters. The Labute approximate surface area is 288 Å². The van der Waals surface area contributed by atoms with Crippen LogP contribution in [0.4, 0.5) is 5.82 Å². The quantitative estimate of drug-likeness (QED) is 0.0729. The number of ether oxygens (including phenoxy) is 1. The van der Waals surface area contributed by atoms with Crippen LogP contribution in [-0.2, 0) is 28.9 Å². The molecule has 0 saturated heterocycles. The highest BCUT2D eigenvalue weighted by atomic mass is 16.5. The number of ketones is 2. The van der Waals surface area contributed by atoms with Crippen LogP contribution in [0.5, 0.6) is 17.2 Å². The second-order valence-electron chi connectivity index (χ2n) is 14.2. The van der Waals surface area contributed by atoms with Crippen molar-refractivity contribution in [2.24, 2.45) is 11.8 Å². The number of aryl methyl sites for hydroxylation is 2. The lowest BCUT2D eigenvalue weighted by Gasteiger charge is -2.34. The average Bonchev–Trinajstić information content (AvgIpc) is 3.88. The van der Waals surface area contributed by atoms with Gasteiger partial charge < -0.3 is 30.2 Å². The first-order valence-corrected chi connectivity index (χ1v) is 18.0. The van der Waals surface area contributed by atoms with Crippen molar-refractivity contribution in [2.45, 2.75) is 89.1 Å². The number of rotatable bonds is 13. The summed E-state index contributed by atoms with van der Waals surface area (Å²) in [5.41, 5.74) is 6.33. The third-order valence-electron chi connectivity index (χ3n) is 10.9. The Bertz CT molecular complexity index is 1800. The van der Waals surface area contributed by atoms with E-state index in [1.807, 2.05) is 42.7 Å². The molecule has 0 amide bonds. The number of carbonyl (C=O) groups excluding carboxylic acids is 2. The highest BCUT2D eigenvalue weighted by Crippen LogP contribution is 2.45. The normalized spacial score (nSPS) is 20.6. The second kappa shape index (κ2) is 14.8. The van der Waals surface area contributed by atoms with Crippen molar-refractivity contribution in [2.75, 3.05) is 11.9 Å². The molecule has 1 saturated carbocycles. The minimum absolute atomic E-state index is 0.0353. The molecule has 0 radical (unpaired) electrons. The SMILES string of the molecule is O=C(CCc1ccc(O)c(OC2CCCC2)c1)CC(=O)[C@@H]1C(CNc2ccc[nH]2)=Cc2[nH]ccc2[C@H]1C[C@H]1CCc2cccc(O)c2CC1. The highest BCUT2D eigenvalue weighted by molar-refractivity contribution is 6.02. The number of benzene rings is 2. The van der Waals surface area contributed by atoms with Crippen LogP contribution in [0.25, 0.3) is 6.08 Å². The summed E-state index contributed by atoms with van der Waals surface area (Å²) < 4.78 is 6.07. The minimum Gasteiger partial charge on any atom is -0.508 e. The van der Waals surface area contributed by atoms with Crippen molar-refractivity contribution in [1.82, 2.24) is 9.97 Å². The highest BCUT2D eigenvalue weighted by Gasteiger charge is 2.39. The number of H-pyrrole nitrogens is 2. The molecule has 5 N–H and O–H groups in total. The van der Waals surface area contributed by atoms with Crippen LogP contribution in [0.3, 0.4) is 0 Å². The van der Waals surface area contributed by atoms with E-state index in [1.165, 1.54) is 5.56 Å². The monoisotopic (exact) mass is 661 g/mol. The lowest BCUT2D eigenvalue weighted by molar-refractivity contribution is -0.129. The van der Waals surface area contributed by atoms with Gasteiger partial charge in [0.05, 0.1) is 12.5 Å². The Balaban J connectivity index is 1.07. The van der Waals surface area contributed by atoms with Crippen LogP contribution < -0.4 is 10.1 Å². The maximum Gasteiger partial charge on any atom is 0.161 e. The molecule has 3 aliphatic rings. The number of phenols is 2. The number of aromatic nitrogens is 2. The van der Waals surface area contributed by atoms with E-state index in [1.54, 1.807) is 12.1 Å². The molecule has 2 aromatic carbocycles. The molecule has 1 fully saturated rings. The summed E-state index contributed by atoms with van der Waals surface area (Å²) in [5, 5.41) is 24.4. The van der Waals surface area contributed by atoms with Crippen LogP contribution in [0, 0.1) is 11.8 Å². The van der Waals surface area contributed by atoms with E-state index in [0.29, 0.717) is 30.4 Å². The average molecular weight is 662 g/mol. The molecule has 2 heterocycles. The minimum atomic E-state index is -0.422. The van der Waals surface area contributed by atoms with E-state index >= 15 is 0 Å². The predicted molar refractivity (Wildman–Crippen MR) is 191 cm³/mol. The maximum atomic E-state index is 14.4. The molecule has 0 aliphatic heterocycles. The zero-order chi connectivity index (χ0) is 33.7. The van der Waals surface area contributed by atoms with Gasteiger partial charge in [0.15, 0.2) is 11.5 Å². The molecule has 0 bridgehead atoms. The number of hydrogen-bond acceptors (Lipinski definition) is 6. The van der Waals surface area contributed by atoms with E-state index in [9.17, 15) is 19.8 Å². The third kappa shape index (κ3) is 7.64. The zero-order valence-electron chi connectivity index (χ0n) is 28.0. The van der Waals surface area contributed by atoms with Crippen molar-refractivity contribution in [3.05, 3.63) is 101 Å². The molecule has 256 valence electrons. The predicted octanol–water partition coefficient (Wildman–Crippen LogP) is 8.03. The van der Waals surface area contributed by atoms with Gasteiger partial charge >= 0.3 is 0 Å². The van der Waals surface area contributed by atoms with Crippen LogP contribution in [-0.4, -0.2) is 44.4 Å². The lowest BCUT2D eigenvalue weighted by atomic mass is 9.69. The molecule has 0 spiro atoms. The first kappa shape index (κ1) is 32.8. The van der Waals surface area contributed by atoms with Gasteiger partial charge in [0, 0.05) is 37.0 Å². The molecular weight excluding hydrogens is 614 g/mol. The fraction of sp³-hybridized carbons (Fsp3) is 0.415. The summed E-state index contributed by atoms with van der Waals surface area (Å²) in [6, 6.07) is 17.1. The largest absolute Gasteiger partial charge is 0.508 e. The molecule has 7 rings (SSSR count). The molecule has 8 nitrogen and oxygen atoms in total. The molecular formula is C41H47N3O5. The van der Waals surface area contributed by atoms with Gasteiger partial charge in [0.25, 0.3) is 0 Å². The summed E-state index contributed by atoms with van der Waals surface area (Å²) in [5.74, 6) is 1.63. The fourth-order valence-electron chi connectivity index (χ4n) is 8.31. The van der Waals surface area contributed by atoms with Gasteiger partial charge in [-0.1, -0.05) is 18.2 Å². The zero-order valence-corrected chi connectivity index (χ0v) is 28.0. The summed E-state index contributed by atoms with van der Waals surface area (Å²) in [6.07, 6.45) is 15.4. The summed E-state index contributed by atoms with van der Waals surface area (Å²) in [6.45, 7) is 0.487. The summed E-state index contributed by atoms with van der Waals surface area (Å²) in [7, 11) is 0. The number of phenolic OH excluding ortho intramolecular Hbond substituents is 2. The van der Waals surface area contributed by atoms with Gasteiger partial charge in [-0.3, -0.25) is 9.59 Å². The van der Waals surface area contributed by atoms with E-state index in [2.05, 4.69) is 33.5 Å². The second-order valence-corrected chi connectivity index (χ2v) is 14.2. The van der Waals surface area contributed by atoms with Crippen LogP contribution in [0.15, 0.2) is 72.6 Å². The number of nitrogens with one attached hydrogen (secondary N) is 3. The fourth-order valence-corrected chi connectivity index (χ4v) is 8.31. The van der Waals surface area contributed by atoms with E-state index in [0.717, 1.165) is 91.6 Å². The van der Waals surface area contributed by atoms with Gasteiger partial charge in [0.1, 0.15) is 23.1 Å². The van der Waals surface area contributed by atoms with Crippen LogP contribution in [0.1, 0.15) is 91.7 Å². The first-order valence-electron chi connectivity index (χ1n) is 18.0. The molecule has 2 aromatic heterocycles.